The van der Waals surface area contributed by atoms with Gasteiger partial charge in [-0.2, -0.15) is 0 Å². The number of nitrogen functional groups attached to an aromatic ring is 1. The van der Waals surface area contributed by atoms with Gasteiger partial charge in [-0.3, -0.25) is 0 Å². The fraction of sp³-hybridized carbons (Fsp3) is 0.350. The highest BCUT2D eigenvalue weighted by molar-refractivity contribution is 6.30. The number of esters is 1. The number of carbonyl (C=O) groups excluding carboxylic acids is 1. The van der Waals surface area contributed by atoms with Crippen LogP contribution < -0.4 is 15.2 Å². The predicted octanol–water partition coefficient (Wildman–Crippen LogP) is 4.73. The van der Waals surface area contributed by atoms with Crippen molar-refractivity contribution in [1.29, 1.82) is 0 Å². The van der Waals surface area contributed by atoms with E-state index in [-0.39, 0.29) is 5.97 Å². The molecule has 5 nitrogen and oxygen atoms in total. The fourth-order valence-corrected chi connectivity index (χ4v) is 2.30. The molecule has 0 amide bonds. The van der Waals surface area contributed by atoms with Gasteiger partial charge in [0.2, 0.25) is 0 Å². The summed E-state index contributed by atoms with van der Waals surface area (Å²) in [5.41, 5.74) is 6.84. The number of benzene rings is 2. The second-order valence-corrected chi connectivity index (χ2v) is 6.18. The summed E-state index contributed by atoms with van der Waals surface area (Å²) in [6, 6.07) is 12.2. The van der Waals surface area contributed by atoms with Crippen LogP contribution in [-0.4, -0.2) is 25.8 Å². The minimum Gasteiger partial charge on any atom is -0.494 e. The van der Waals surface area contributed by atoms with Crippen LogP contribution in [0.2, 0.25) is 5.02 Å². The molecule has 0 radical (unpaired) electrons. The summed E-state index contributed by atoms with van der Waals surface area (Å²) in [4.78, 5) is 11.9. The van der Waals surface area contributed by atoms with Crippen LogP contribution in [0.25, 0.3) is 0 Å². The highest BCUT2D eigenvalue weighted by Gasteiger charge is 2.10. The van der Waals surface area contributed by atoms with Gasteiger partial charge in [0.15, 0.2) is 0 Å². The molecule has 0 atom stereocenters. The Bertz CT molecular complexity index is 703. The molecule has 0 heterocycles. The van der Waals surface area contributed by atoms with Crippen LogP contribution in [-0.2, 0) is 4.74 Å². The second-order valence-electron chi connectivity index (χ2n) is 5.75. The van der Waals surface area contributed by atoms with Gasteiger partial charge in [0.25, 0.3) is 0 Å². The first kappa shape index (κ1) is 19.9. The molecule has 6 heteroatoms. The van der Waals surface area contributed by atoms with E-state index in [0.29, 0.717) is 41.8 Å². The maximum atomic E-state index is 11.9. The molecule has 0 unspecified atom stereocenters. The zero-order valence-electron chi connectivity index (χ0n) is 14.9. The molecular weight excluding hydrogens is 354 g/mol. The lowest BCUT2D eigenvalue weighted by Gasteiger charge is -2.11. The largest absolute Gasteiger partial charge is 0.494 e. The van der Waals surface area contributed by atoms with E-state index in [4.69, 9.17) is 31.5 Å². The molecule has 2 aromatic rings. The quantitative estimate of drug-likeness (QED) is 0.368. The van der Waals surface area contributed by atoms with Crippen molar-refractivity contribution in [3.63, 3.8) is 0 Å². The minimum atomic E-state index is -0.368. The summed E-state index contributed by atoms with van der Waals surface area (Å²) in [5.74, 6) is 0.917. The highest BCUT2D eigenvalue weighted by Crippen LogP contribution is 2.23. The predicted molar refractivity (Wildman–Crippen MR) is 103 cm³/mol. The van der Waals surface area contributed by atoms with Crippen LogP contribution in [0.15, 0.2) is 42.5 Å². The summed E-state index contributed by atoms with van der Waals surface area (Å²) in [6.07, 6.45) is 2.42. The number of unbranched alkanes of at least 4 members (excludes halogenated alkanes) is 1. The van der Waals surface area contributed by atoms with Gasteiger partial charge in [0, 0.05) is 5.02 Å². The van der Waals surface area contributed by atoms with Crippen molar-refractivity contribution >= 4 is 23.3 Å². The Hall–Kier alpha value is -2.40. The van der Waals surface area contributed by atoms with E-state index in [9.17, 15) is 4.79 Å². The van der Waals surface area contributed by atoms with Gasteiger partial charge in [0.05, 0.1) is 31.1 Å². The number of ether oxygens (including phenoxy) is 3. The SMILES string of the molecule is CCCOC(=O)c1ccc(N)c(OCCCCOc2ccc(Cl)cc2)c1. The number of carbonyl (C=O) groups is 1. The maximum Gasteiger partial charge on any atom is 0.338 e. The summed E-state index contributed by atoms with van der Waals surface area (Å²) < 4.78 is 16.4. The first-order valence-electron chi connectivity index (χ1n) is 8.68. The molecule has 0 aliphatic heterocycles. The molecule has 0 bridgehead atoms. The number of nitrogens with two attached hydrogens (primary N) is 1. The molecule has 0 aromatic heterocycles. The van der Waals surface area contributed by atoms with Crippen LogP contribution in [0.5, 0.6) is 11.5 Å². The molecule has 2 N–H and O–H groups in total. The topological polar surface area (TPSA) is 70.8 Å². The van der Waals surface area contributed by atoms with Gasteiger partial charge in [-0.1, -0.05) is 18.5 Å². The van der Waals surface area contributed by atoms with Crippen molar-refractivity contribution in [3.05, 3.63) is 53.1 Å². The first-order chi connectivity index (χ1) is 12.6. The van der Waals surface area contributed by atoms with Gasteiger partial charge in [-0.15, -0.1) is 0 Å². The third-order valence-electron chi connectivity index (χ3n) is 3.57. The highest BCUT2D eigenvalue weighted by atomic mass is 35.5. The van der Waals surface area contributed by atoms with E-state index in [1.54, 1.807) is 30.3 Å². The Morgan fingerprint density at radius 2 is 1.69 bits per heavy atom. The van der Waals surface area contributed by atoms with E-state index in [2.05, 4.69) is 0 Å². The molecule has 0 saturated heterocycles. The number of rotatable bonds is 10. The Morgan fingerprint density at radius 1 is 1.00 bits per heavy atom. The lowest BCUT2D eigenvalue weighted by molar-refractivity contribution is 0.0504. The summed E-state index contributed by atoms with van der Waals surface area (Å²) >= 11 is 5.83. The molecule has 0 aliphatic carbocycles. The average Bonchev–Trinajstić information content (AvgIpc) is 2.65. The molecule has 2 rings (SSSR count). The fourth-order valence-electron chi connectivity index (χ4n) is 2.17. The van der Waals surface area contributed by atoms with Gasteiger partial charge in [-0.25, -0.2) is 4.79 Å². The molecule has 0 spiro atoms. The van der Waals surface area contributed by atoms with E-state index in [0.717, 1.165) is 25.0 Å². The monoisotopic (exact) mass is 377 g/mol. The Morgan fingerprint density at radius 3 is 2.38 bits per heavy atom. The number of hydrogen-bond acceptors (Lipinski definition) is 5. The van der Waals surface area contributed by atoms with Crippen molar-refractivity contribution < 1.29 is 19.0 Å². The number of halogens is 1. The standard InChI is InChI=1S/C20H24ClNO4/c1-2-11-26-20(23)15-5-10-18(22)19(14-15)25-13-4-3-12-24-17-8-6-16(21)7-9-17/h5-10,14H,2-4,11-13,22H2,1H3. The van der Waals surface area contributed by atoms with Gasteiger partial charge in [-0.05, 0) is 61.7 Å². The van der Waals surface area contributed by atoms with Crippen LogP contribution >= 0.6 is 11.6 Å². The summed E-state index contributed by atoms with van der Waals surface area (Å²) in [7, 11) is 0. The number of hydrogen-bond donors (Lipinski definition) is 1. The molecule has 0 aliphatic rings. The van der Waals surface area contributed by atoms with Crippen molar-refractivity contribution in [2.75, 3.05) is 25.6 Å². The second kappa shape index (κ2) is 10.6. The van der Waals surface area contributed by atoms with Crippen molar-refractivity contribution in [1.82, 2.24) is 0 Å². The summed E-state index contributed by atoms with van der Waals surface area (Å²) in [5, 5.41) is 0.684. The smallest absolute Gasteiger partial charge is 0.338 e. The molecule has 140 valence electrons. The van der Waals surface area contributed by atoms with E-state index in [1.165, 1.54) is 0 Å². The van der Waals surface area contributed by atoms with Crippen LogP contribution in [0.1, 0.15) is 36.5 Å². The normalized spacial score (nSPS) is 10.4. The lowest BCUT2D eigenvalue weighted by Crippen LogP contribution is -2.08. The molecule has 0 fully saturated rings. The van der Waals surface area contributed by atoms with Gasteiger partial charge < -0.3 is 19.9 Å². The van der Waals surface area contributed by atoms with Crippen LogP contribution in [0.4, 0.5) is 5.69 Å². The van der Waals surface area contributed by atoms with Crippen molar-refractivity contribution in [3.8, 4) is 11.5 Å². The lowest BCUT2D eigenvalue weighted by atomic mass is 10.2. The first-order valence-corrected chi connectivity index (χ1v) is 9.05. The van der Waals surface area contributed by atoms with Gasteiger partial charge in [0.1, 0.15) is 11.5 Å². The van der Waals surface area contributed by atoms with Gasteiger partial charge >= 0.3 is 5.97 Å². The zero-order chi connectivity index (χ0) is 18.8. The minimum absolute atomic E-state index is 0.368. The molecule has 26 heavy (non-hydrogen) atoms. The van der Waals surface area contributed by atoms with Crippen LogP contribution in [0, 0.1) is 0 Å². The van der Waals surface area contributed by atoms with Crippen molar-refractivity contribution in [2.24, 2.45) is 0 Å². The van der Waals surface area contributed by atoms with Crippen molar-refractivity contribution in [2.45, 2.75) is 26.2 Å². The van der Waals surface area contributed by atoms with E-state index >= 15 is 0 Å². The van der Waals surface area contributed by atoms with E-state index < -0.39 is 0 Å². The third kappa shape index (κ3) is 6.48. The zero-order valence-corrected chi connectivity index (χ0v) is 15.6. The van der Waals surface area contributed by atoms with Crippen LogP contribution in [0.3, 0.4) is 0 Å². The average molecular weight is 378 g/mol. The Balaban J connectivity index is 1.73. The molecule has 0 saturated carbocycles. The Kier molecular flexibility index (Phi) is 8.09. The molecular formula is C20H24ClNO4. The molecule has 2 aromatic carbocycles. The van der Waals surface area contributed by atoms with E-state index in [1.807, 2.05) is 19.1 Å². The maximum absolute atomic E-state index is 11.9. The number of anilines is 1. The third-order valence-corrected chi connectivity index (χ3v) is 3.82. The Labute approximate surface area is 159 Å². The summed E-state index contributed by atoms with van der Waals surface area (Å²) in [6.45, 7) is 3.42.